The zero-order chi connectivity index (χ0) is 77.0. The number of furan rings is 3. The Morgan fingerprint density at radius 2 is 0.368 bits per heavy atom. The Morgan fingerprint density at radius 1 is 0.128 bits per heavy atom. The lowest BCUT2D eigenvalue weighted by Crippen LogP contribution is -1.91. The second-order valence-electron chi connectivity index (χ2n) is 30.6. The smallest absolute Gasteiger partial charge is 0.143 e. The number of para-hydroxylation sites is 3. The largest absolute Gasteiger partial charge is 0.455 e. The summed E-state index contributed by atoms with van der Waals surface area (Å²) in [5.41, 5.74) is 22.5. The van der Waals surface area contributed by atoms with Crippen molar-refractivity contribution in [3.8, 4) is 77.9 Å². The molecular formula is C114H70O3. The molecule has 25 aromatic rings. The van der Waals surface area contributed by atoms with Gasteiger partial charge in [0.15, 0.2) is 0 Å². The van der Waals surface area contributed by atoms with Crippen molar-refractivity contribution in [3.63, 3.8) is 0 Å². The fourth-order valence-electron chi connectivity index (χ4n) is 19.0. The molecule has 3 heteroatoms. The molecule has 25 rings (SSSR count). The highest BCUT2D eigenvalue weighted by molar-refractivity contribution is 6.30. The molecule has 0 N–H and O–H groups in total. The van der Waals surface area contributed by atoms with Gasteiger partial charge < -0.3 is 13.3 Å². The molecule has 0 unspecified atom stereocenters. The van der Waals surface area contributed by atoms with Gasteiger partial charge in [0.1, 0.15) is 33.5 Å². The molecule has 0 saturated heterocycles. The minimum Gasteiger partial charge on any atom is -0.455 e. The van der Waals surface area contributed by atoms with Gasteiger partial charge in [0.2, 0.25) is 0 Å². The van der Waals surface area contributed by atoms with Crippen molar-refractivity contribution in [2.75, 3.05) is 0 Å². The van der Waals surface area contributed by atoms with Crippen LogP contribution in [0.15, 0.2) is 438 Å². The summed E-state index contributed by atoms with van der Waals surface area (Å²) in [5, 5.41) is 29.4. The van der Waals surface area contributed by atoms with E-state index >= 15 is 0 Å². The van der Waals surface area contributed by atoms with Gasteiger partial charge in [-0.05, 0) is 201 Å². The van der Waals surface area contributed by atoms with Crippen LogP contribution in [0.25, 0.3) is 241 Å². The van der Waals surface area contributed by atoms with Crippen LogP contribution in [0.2, 0.25) is 0 Å². The molecule has 0 saturated carbocycles. The zero-order valence-electron chi connectivity index (χ0n) is 63.6. The molecule has 3 nitrogen and oxygen atoms in total. The van der Waals surface area contributed by atoms with Crippen molar-refractivity contribution in [3.05, 3.63) is 425 Å². The average Bonchev–Trinajstić information content (AvgIpc) is 1.64. The monoisotopic (exact) mass is 1490 g/mol. The van der Waals surface area contributed by atoms with Gasteiger partial charge in [-0.15, -0.1) is 0 Å². The first-order chi connectivity index (χ1) is 58.1. The normalized spacial score (nSPS) is 11.8. The minimum atomic E-state index is 0.920. The molecule has 0 aliphatic rings. The minimum absolute atomic E-state index is 0.920. The SMILES string of the molecule is c1cc(-c2c3ccccc3cc3ccccc23)cc(-c2cc3ccccc3c3c2oc2ccccc23)c1.c1ccc(-c2c3ccccc3c(-c3cc4ccccc4c4c3oc3ccccc34)c3ccccc23)cc1.c1ccc(-c2c3ccccc3c(-c3ccc(-c4cc5ccccc5c5c4oc4ccccc45)cc3)c3ccccc23)cc1. The van der Waals surface area contributed by atoms with Crippen LogP contribution in [0.4, 0.5) is 0 Å². The second kappa shape index (κ2) is 27.8. The number of benzene rings is 22. The molecule has 544 valence electrons. The molecule has 22 aromatic carbocycles. The first kappa shape index (κ1) is 67.3. The average molecular weight is 1490 g/mol. The number of hydrogen-bond acceptors (Lipinski definition) is 3. The lowest BCUT2D eigenvalue weighted by Gasteiger charge is -2.18. The molecule has 0 atom stereocenters. The summed E-state index contributed by atoms with van der Waals surface area (Å²) >= 11 is 0. The summed E-state index contributed by atoms with van der Waals surface area (Å²) < 4.78 is 19.7. The van der Waals surface area contributed by atoms with Crippen LogP contribution in [-0.4, -0.2) is 0 Å². The standard InChI is InChI=1S/C42H26O.2C36H22O/c1-2-12-28(13-3-1)39-32-16-6-8-18-34(32)40(35-19-9-7-17-33(35)39)29-24-22-27(23-25-29)37-26-30-14-4-5-15-31(30)41-36-20-10-11-21-38(36)43-42(37)41;1-4-15-28-23(10-1)20-24-11-2-5-16-29(24)34(28)27-14-9-13-25(21-27)32-22-26-12-3-6-17-30(26)35-31-18-7-8-19-33(31)37-36(32)35;1-2-12-23(13-3-1)33-26-16-6-8-18-28(26)34(29-19-9-7-17-27(29)33)31-22-24-14-4-5-15-25(24)35-30-20-10-11-21-32(30)37-36(31)35/h1-26H;2*1-22H. The Labute approximate surface area is 674 Å². The predicted octanol–water partition coefficient (Wildman–Crippen LogP) is 32.8. The van der Waals surface area contributed by atoms with Crippen LogP contribution in [-0.2, 0) is 0 Å². The van der Waals surface area contributed by atoms with Crippen LogP contribution in [0.5, 0.6) is 0 Å². The summed E-state index contributed by atoms with van der Waals surface area (Å²) in [6.07, 6.45) is 0. The van der Waals surface area contributed by atoms with Crippen molar-refractivity contribution in [2.24, 2.45) is 0 Å². The van der Waals surface area contributed by atoms with E-state index in [0.29, 0.717) is 0 Å². The van der Waals surface area contributed by atoms with E-state index in [1.54, 1.807) is 0 Å². The van der Waals surface area contributed by atoms with Crippen molar-refractivity contribution < 1.29 is 13.3 Å². The molecule has 117 heavy (non-hydrogen) atoms. The Balaban J connectivity index is 0.000000104. The van der Waals surface area contributed by atoms with E-state index in [2.05, 4.69) is 406 Å². The third-order valence-corrected chi connectivity index (χ3v) is 24.1. The maximum absolute atomic E-state index is 6.66. The first-order valence-electron chi connectivity index (χ1n) is 40.2. The Kier molecular flexibility index (Phi) is 16.0. The van der Waals surface area contributed by atoms with Crippen molar-refractivity contribution in [1.29, 1.82) is 0 Å². The third-order valence-electron chi connectivity index (χ3n) is 24.1. The number of hydrogen-bond donors (Lipinski definition) is 0. The molecule has 0 aliphatic heterocycles. The Bertz CT molecular complexity index is 8140. The maximum Gasteiger partial charge on any atom is 0.143 e. The molecule has 0 fully saturated rings. The number of rotatable bonds is 7. The lowest BCUT2D eigenvalue weighted by atomic mass is 9.85. The zero-order valence-corrected chi connectivity index (χ0v) is 63.6. The Morgan fingerprint density at radius 3 is 0.744 bits per heavy atom. The van der Waals surface area contributed by atoms with E-state index in [0.717, 1.165) is 77.5 Å². The van der Waals surface area contributed by atoms with E-state index in [1.165, 1.54) is 163 Å². The fraction of sp³-hybridized carbons (Fsp3) is 0. The third kappa shape index (κ3) is 11.1. The highest BCUT2D eigenvalue weighted by atomic mass is 16.3. The van der Waals surface area contributed by atoms with Crippen molar-refractivity contribution in [1.82, 2.24) is 0 Å². The lowest BCUT2D eigenvalue weighted by molar-refractivity contribution is 0.670. The van der Waals surface area contributed by atoms with Crippen LogP contribution in [0, 0.1) is 0 Å². The molecule has 0 amide bonds. The van der Waals surface area contributed by atoms with Crippen LogP contribution >= 0.6 is 0 Å². The topological polar surface area (TPSA) is 39.4 Å². The molecular weight excluding hydrogens is 1420 g/mol. The van der Waals surface area contributed by atoms with Gasteiger partial charge >= 0.3 is 0 Å². The highest BCUT2D eigenvalue weighted by Crippen LogP contribution is 2.51. The van der Waals surface area contributed by atoms with Gasteiger partial charge in [-0.25, -0.2) is 0 Å². The fourth-order valence-corrected chi connectivity index (χ4v) is 19.0. The maximum atomic E-state index is 6.66. The molecule has 0 spiro atoms. The van der Waals surface area contributed by atoms with E-state index in [1.807, 2.05) is 18.2 Å². The first-order valence-corrected chi connectivity index (χ1v) is 40.2. The highest BCUT2D eigenvalue weighted by Gasteiger charge is 2.25. The van der Waals surface area contributed by atoms with E-state index in [4.69, 9.17) is 13.3 Å². The van der Waals surface area contributed by atoms with Gasteiger partial charge in [0.25, 0.3) is 0 Å². The van der Waals surface area contributed by atoms with Crippen molar-refractivity contribution in [2.45, 2.75) is 0 Å². The van der Waals surface area contributed by atoms with Gasteiger partial charge in [-0.2, -0.15) is 0 Å². The summed E-state index contributed by atoms with van der Waals surface area (Å²) in [6, 6.07) is 152. The quantitative estimate of drug-likeness (QED) is 0.149. The predicted molar refractivity (Wildman–Crippen MR) is 497 cm³/mol. The summed E-state index contributed by atoms with van der Waals surface area (Å²) in [7, 11) is 0. The molecule has 3 heterocycles. The van der Waals surface area contributed by atoms with Crippen molar-refractivity contribution >= 4 is 163 Å². The summed E-state index contributed by atoms with van der Waals surface area (Å²) in [6.45, 7) is 0. The van der Waals surface area contributed by atoms with Gasteiger partial charge in [-0.1, -0.05) is 376 Å². The van der Waals surface area contributed by atoms with Gasteiger partial charge in [0.05, 0.1) is 0 Å². The van der Waals surface area contributed by atoms with Gasteiger partial charge in [-0.3, -0.25) is 0 Å². The van der Waals surface area contributed by atoms with Crippen LogP contribution < -0.4 is 0 Å². The molecule has 0 aliphatic carbocycles. The van der Waals surface area contributed by atoms with Crippen LogP contribution in [0.3, 0.4) is 0 Å². The molecule has 0 bridgehead atoms. The summed E-state index contributed by atoms with van der Waals surface area (Å²) in [4.78, 5) is 0. The van der Waals surface area contributed by atoms with E-state index < -0.39 is 0 Å². The second-order valence-corrected chi connectivity index (χ2v) is 30.6. The molecule has 3 aromatic heterocycles. The van der Waals surface area contributed by atoms with E-state index in [9.17, 15) is 0 Å². The van der Waals surface area contributed by atoms with Crippen LogP contribution in [0.1, 0.15) is 0 Å². The Hall–Kier alpha value is -15.4. The molecule has 0 radical (unpaired) electrons. The van der Waals surface area contributed by atoms with Gasteiger partial charge in [0, 0.05) is 54.6 Å². The summed E-state index contributed by atoms with van der Waals surface area (Å²) in [5.74, 6) is 0. The van der Waals surface area contributed by atoms with E-state index in [-0.39, 0.29) is 0 Å². The number of fused-ring (bicyclic) bond motifs is 21.